The summed E-state index contributed by atoms with van der Waals surface area (Å²) in [6.45, 7) is 11.0. The molecule has 0 radical (unpaired) electrons. The van der Waals surface area contributed by atoms with E-state index in [9.17, 15) is 19.5 Å². The van der Waals surface area contributed by atoms with Crippen molar-refractivity contribution in [3.05, 3.63) is 30.3 Å². The molecule has 4 rings (SSSR count). The molecule has 5 atom stereocenters. The number of hydrogen-bond donors (Lipinski definition) is 3. The van der Waals surface area contributed by atoms with Gasteiger partial charge in [-0.25, -0.2) is 0 Å². The van der Waals surface area contributed by atoms with Gasteiger partial charge >= 0.3 is 0 Å². The standard InChI is InChI=1S/C28H41N3O4S/c1-26(2,3)17-27(4,5)30-24(34)22-28-14-13-19(36-28)20(23(33)29-18-11-7-6-8-12-18)21(28)25(35)31(22)15-9-10-16-32/h6-8,11-12,19-22,32H,9-10,13-17H2,1-5H3,(H,29,33)(H,30,34)/t19-,20+,21+,22?,28?/m1/s1. The van der Waals surface area contributed by atoms with Crippen LogP contribution in [0.15, 0.2) is 30.3 Å². The molecular weight excluding hydrogens is 474 g/mol. The molecule has 1 spiro atoms. The number of benzene rings is 1. The van der Waals surface area contributed by atoms with Crippen LogP contribution in [0.4, 0.5) is 5.69 Å². The summed E-state index contributed by atoms with van der Waals surface area (Å²) in [5.41, 5.74) is 0.313. The molecule has 3 aliphatic rings. The van der Waals surface area contributed by atoms with Crippen molar-refractivity contribution in [1.29, 1.82) is 0 Å². The van der Waals surface area contributed by atoms with Gasteiger partial charge in [0.05, 0.1) is 16.6 Å². The smallest absolute Gasteiger partial charge is 0.244 e. The fourth-order valence-electron chi connectivity index (χ4n) is 6.91. The number of hydrogen-bond acceptors (Lipinski definition) is 5. The van der Waals surface area contributed by atoms with Crippen LogP contribution in [0.5, 0.6) is 0 Å². The van der Waals surface area contributed by atoms with Crippen molar-refractivity contribution < 1.29 is 19.5 Å². The number of carbonyl (C=O) groups is 3. The number of nitrogens with one attached hydrogen (secondary N) is 2. The first-order chi connectivity index (χ1) is 16.9. The van der Waals surface area contributed by atoms with E-state index in [-0.39, 0.29) is 35.0 Å². The Morgan fingerprint density at radius 1 is 1.11 bits per heavy atom. The number of unbranched alkanes of at least 4 members (excludes halogenated alkanes) is 1. The fourth-order valence-corrected chi connectivity index (χ4v) is 9.13. The third kappa shape index (κ3) is 5.17. The van der Waals surface area contributed by atoms with E-state index in [0.717, 1.165) is 19.3 Å². The Morgan fingerprint density at radius 3 is 2.44 bits per heavy atom. The van der Waals surface area contributed by atoms with Gasteiger partial charge in [-0.15, -0.1) is 11.8 Å². The summed E-state index contributed by atoms with van der Waals surface area (Å²) >= 11 is 1.69. The second kappa shape index (κ2) is 10.0. The number of carbonyl (C=O) groups excluding carboxylic acids is 3. The number of anilines is 1. The van der Waals surface area contributed by atoms with E-state index in [1.165, 1.54) is 0 Å². The van der Waals surface area contributed by atoms with Gasteiger partial charge in [0, 0.05) is 29.6 Å². The van der Waals surface area contributed by atoms with Crippen LogP contribution in [-0.2, 0) is 14.4 Å². The highest BCUT2D eigenvalue weighted by molar-refractivity contribution is 8.02. The van der Waals surface area contributed by atoms with Crippen LogP contribution in [0.2, 0.25) is 0 Å². The summed E-state index contributed by atoms with van der Waals surface area (Å²) in [5.74, 6) is -1.33. The summed E-state index contributed by atoms with van der Waals surface area (Å²) in [4.78, 5) is 43.1. The number of nitrogens with zero attached hydrogens (tertiary/aromatic N) is 1. The molecule has 0 aliphatic carbocycles. The van der Waals surface area contributed by atoms with Gasteiger partial charge in [0.15, 0.2) is 0 Å². The maximum absolute atomic E-state index is 14.0. The number of amides is 3. The van der Waals surface area contributed by atoms with Crippen LogP contribution in [-0.4, -0.2) is 62.5 Å². The van der Waals surface area contributed by atoms with Gasteiger partial charge < -0.3 is 20.6 Å². The lowest BCUT2D eigenvalue weighted by atomic mass is 9.70. The lowest BCUT2D eigenvalue weighted by Gasteiger charge is -2.38. The van der Waals surface area contributed by atoms with Gasteiger partial charge in [0.1, 0.15) is 6.04 Å². The predicted octanol–water partition coefficient (Wildman–Crippen LogP) is 3.82. The maximum atomic E-state index is 14.0. The number of aliphatic hydroxyl groups is 1. The zero-order valence-corrected chi connectivity index (χ0v) is 23.0. The molecule has 8 heteroatoms. The molecule has 2 unspecified atom stereocenters. The van der Waals surface area contributed by atoms with E-state index < -0.39 is 28.2 Å². The molecule has 3 amide bonds. The Hall–Kier alpha value is -2.06. The minimum absolute atomic E-state index is 0.0279. The number of para-hydroxylation sites is 1. The van der Waals surface area contributed by atoms with Crippen molar-refractivity contribution in [3.8, 4) is 0 Å². The molecule has 1 aromatic rings. The van der Waals surface area contributed by atoms with Gasteiger partial charge in [-0.05, 0) is 63.5 Å². The minimum Gasteiger partial charge on any atom is -0.396 e. The predicted molar refractivity (Wildman–Crippen MR) is 144 cm³/mol. The zero-order chi connectivity index (χ0) is 26.3. The lowest BCUT2D eigenvalue weighted by Crippen LogP contribution is -2.58. The highest BCUT2D eigenvalue weighted by Crippen LogP contribution is 2.66. The van der Waals surface area contributed by atoms with E-state index >= 15 is 0 Å². The summed E-state index contributed by atoms with van der Waals surface area (Å²) in [7, 11) is 0. The Kier molecular flexibility index (Phi) is 7.50. The molecule has 3 aliphatic heterocycles. The average molecular weight is 516 g/mol. The third-order valence-electron chi connectivity index (χ3n) is 7.63. The molecular formula is C28H41N3O4S. The van der Waals surface area contributed by atoms with Gasteiger partial charge in [-0.2, -0.15) is 0 Å². The maximum Gasteiger partial charge on any atom is 0.244 e. The topological polar surface area (TPSA) is 98.7 Å². The number of rotatable bonds is 9. The van der Waals surface area contributed by atoms with E-state index in [0.29, 0.717) is 25.1 Å². The number of thioether (sulfide) groups is 1. The van der Waals surface area contributed by atoms with Gasteiger partial charge in [-0.3, -0.25) is 14.4 Å². The molecule has 3 N–H and O–H groups in total. The number of aliphatic hydroxyl groups excluding tert-OH is 1. The van der Waals surface area contributed by atoms with Crippen LogP contribution >= 0.6 is 11.8 Å². The number of fused-ring (bicyclic) bond motifs is 1. The Labute approximate surface area is 219 Å². The first kappa shape index (κ1) is 27.0. The number of likely N-dealkylation sites (tertiary alicyclic amines) is 1. The lowest BCUT2D eigenvalue weighted by molar-refractivity contribution is -0.139. The highest BCUT2D eigenvalue weighted by atomic mass is 32.2. The summed E-state index contributed by atoms with van der Waals surface area (Å²) in [6, 6.07) is 8.72. The molecule has 0 aromatic heterocycles. The molecule has 3 heterocycles. The van der Waals surface area contributed by atoms with Crippen LogP contribution in [0.3, 0.4) is 0 Å². The highest BCUT2D eigenvalue weighted by Gasteiger charge is 2.73. The van der Waals surface area contributed by atoms with E-state index in [1.54, 1.807) is 16.7 Å². The summed E-state index contributed by atoms with van der Waals surface area (Å²) in [6.07, 6.45) is 3.56. The molecule has 0 saturated carbocycles. The van der Waals surface area contributed by atoms with Crippen molar-refractivity contribution >= 4 is 35.2 Å². The zero-order valence-electron chi connectivity index (χ0n) is 22.2. The molecule has 2 bridgehead atoms. The second-order valence-electron chi connectivity index (χ2n) is 12.5. The van der Waals surface area contributed by atoms with Gasteiger partial charge in [-0.1, -0.05) is 39.0 Å². The molecule has 36 heavy (non-hydrogen) atoms. The second-order valence-corrected chi connectivity index (χ2v) is 14.1. The van der Waals surface area contributed by atoms with Crippen molar-refractivity contribution in [2.45, 2.75) is 88.3 Å². The Bertz CT molecular complexity index is 992. The van der Waals surface area contributed by atoms with E-state index in [1.807, 2.05) is 44.2 Å². The van der Waals surface area contributed by atoms with Crippen molar-refractivity contribution in [3.63, 3.8) is 0 Å². The van der Waals surface area contributed by atoms with Gasteiger partial charge in [0.25, 0.3) is 0 Å². The van der Waals surface area contributed by atoms with Crippen molar-refractivity contribution in [2.75, 3.05) is 18.5 Å². The van der Waals surface area contributed by atoms with E-state index in [4.69, 9.17) is 0 Å². The van der Waals surface area contributed by atoms with E-state index in [2.05, 4.69) is 31.4 Å². The molecule has 3 saturated heterocycles. The van der Waals surface area contributed by atoms with Crippen molar-refractivity contribution in [1.82, 2.24) is 10.2 Å². The molecule has 3 fully saturated rings. The fraction of sp³-hybridized carbons (Fsp3) is 0.679. The van der Waals surface area contributed by atoms with Crippen LogP contribution in [0, 0.1) is 17.3 Å². The molecule has 7 nitrogen and oxygen atoms in total. The largest absolute Gasteiger partial charge is 0.396 e. The minimum atomic E-state index is -0.613. The average Bonchev–Trinajstić information content (AvgIpc) is 3.40. The Balaban J connectivity index is 1.63. The first-order valence-corrected chi connectivity index (χ1v) is 14.0. The normalized spacial score (nSPS) is 29.4. The molecule has 1 aromatic carbocycles. The SMILES string of the molecule is CC(C)(C)CC(C)(C)NC(=O)C1N(CCCCO)C(=O)[C@@H]2[C@@H](C(=O)Nc3ccccc3)[C@H]3CCC12S3. The van der Waals surface area contributed by atoms with Crippen LogP contribution in [0.1, 0.15) is 66.7 Å². The summed E-state index contributed by atoms with van der Waals surface area (Å²) in [5, 5.41) is 15.6. The Morgan fingerprint density at radius 2 is 1.81 bits per heavy atom. The van der Waals surface area contributed by atoms with Crippen molar-refractivity contribution in [2.24, 2.45) is 17.3 Å². The first-order valence-electron chi connectivity index (χ1n) is 13.2. The third-order valence-corrected chi connectivity index (χ3v) is 9.59. The summed E-state index contributed by atoms with van der Waals surface area (Å²) < 4.78 is -0.596. The monoisotopic (exact) mass is 515 g/mol. The van der Waals surface area contributed by atoms with Gasteiger partial charge in [0.2, 0.25) is 17.7 Å². The van der Waals surface area contributed by atoms with Crippen LogP contribution < -0.4 is 10.6 Å². The quantitative estimate of drug-likeness (QED) is 0.434. The molecule has 198 valence electrons. The van der Waals surface area contributed by atoms with Crippen LogP contribution in [0.25, 0.3) is 0 Å².